The first-order chi connectivity index (χ1) is 14.3. The highest BCUT2D eigenvalue weighted by atomic mass is 32.1. The zero-order valence-corrected chi connectivity index (χ0v) is 16.8. The molecule has 0 bridgehead atoms. The van der Waals surface area contributed by atoms with Gasteiger partial charge in [0.1, 0.15) is 5.75 Å². The standard InChI is InChI=1S/C21H23N5O2S/c22-20(13-4-7-27-8-5-13)18(12-24-15-1-2-15)28-17-3-6-23-16-9-19(29-21(16)17)14-10-25-26-11-14/h3,6,9-13,15H,1-2,4-5,7-8,22H2,(H,25,26). The zero-order valence-electron chi connectivity index (χ0n) is 16.0. The summed E-state index contributed by atoms with van der Waals surface area (Å²) >= 11 is 1.63. The molecule has 1 aliphatic heterocycles. The number of aliphatic imine (C=N–C) groups is 1. The van der Waals surface area contributed by atoms with Gasteiger partial charge in [-0.1, -0.05) is 0 Å². The van der Waals surface area contributed by atoms with Crippen LogP contribution in [-0.4, -0.2) is 40.7 Å². The molecule has 0 spiro atoms. The van der Waals surface area contributed by atoms with Gasteiger partial charge in [-0.15, -0.1) is 11.3 Å². The average Bonchev–Trinajstić information content (AvgIpc) is 3.24. The van der Waals surface area contributed by atoms with Gasteiger partial charge in [0.25, 0.3) is 0 Å². The van der Waals surface area contributed by atoms with E-state index in [2.05, 4.69) is 26.2 Å². The number of aromatic nitrogens is 3. The molecule has 2 aliphatic rings. The summed E-state index contributed by atoms with van der Waals surface area (Å²) in [4.78, 5) is 10.2. The van der Waals surface area contributed by atoms with Crippen LogP contribution in [-0.2, 0) is 4.74 Å². The van der Waals surface area contributed by atoms with Crippen LogP contribution in [0, 0.1) is 5.92 Å². The molecule has 29 heavy (non-hydrogen) atoms. The van der Waals surface area contributed by atoms with E-state index in [4.69, 9.17) is 15.2 Å². The molecule has 150 valence electrons. The molecule has 4 heterocycles. The van der Waals surface area contributed by atoms with Crippen LogP contribution in [0.4, 0.5) is 0 Å². The quantitative estimate of drug-likeness (QED) is 0.475. The van der Waals surface area contributed by atoms with Gasteiger partial charge in [-0.05, 0) is 31.7 Å². The van der Waals surface area contributed by atoms with Crippen molar-refractivity contribution in [1.82, 2.24) is 15.2 Å². The van der Waals surface area contributed by atoms with E-state index in [1.807, 2.05) is 24.7 Å². The van der Waals surface area contributed by atoms with Crippen LogP contribution >= 0.6 is 11.3 Å². The molecule has 3 aromatic rings. The molecule has 1 saturated carbocycles. The molecule has 3 N–H and O–H groups in total. The van der Waals surface area contributed by atoms with E-state index in [-0.39, 0.29) is 5.92 Å². The van der Waals surface area contributed by atoms with Crippen molar-refractivity contribution in [3.63, 3.8) is 0 Å². The average molecular weight is 410 g/mol. The third-order valence-corrected chi connectivity index (χ3v) is 6.46. The minimum absolute atomic E-state index is 0.256. The third-order valence-electron chi connectivity index (χ3n) is 5.27. The maximum absolute atomic E-state index is 6.56. The molecule has 3 aromatic heterocycles. The molecule has 0 radical (unpaired) electrons. The molecule has 1 aliphatic carbocycles. The van der Waals surface area contributed by atoms with Crippen molar-refractivity contribution in [2.45, 2.75) is 31.7 Å². The van der Waals surface area contributed by atoms with Gasteiger partial charge in [0.2, 0.25) is 0 Å². The number of rotatable bonds is 6. The molecule has 2 fully saturated rings. The lowest BCUT2D eigenvalue weighted by molar-refractivity contribution is 0.0746. The summed E-state index contributed by atoms with van der Waals surface area (Å²) in [6, 6.07) is 4.35. The predicted molar refractivity (Wildman–Crippen MR) is 114 cm³/mol. The highest BCUT2D eigenvalue weighted by Crippen LogP contribution is 2.38. The predicted octanol–water partition coefficient (Wildman–Crippen LogP) is 3.90. The number of fused-ring (bicyclic) bond motifs is 1. The van der Waals surface area contributed by atoms with Crippen molar-refractivity contribution in [2.24, 2.45) is 16.6 Å². The molecule has 0 unspecified atom stereocenters. The lowest BCUT2D eigenvalue weighted by Crippen LogP contribution is -2.24. The normalized spacial score (nSPS) is 19.0. The summed E-state index contributed by atoms with van der Waals surface area (Å²) in [6.45, 7) is 1.47. The Morgan fingerprint density at radius 3 is 2.93 bits per heavy atom. The SMILES string of the molecule is NC(=C(C=NC1CC1)Oc1ccnc2cc(-c3cn[nH]c3)sc12)C1CCOCC1. The van der Waals surface area contributed by atoms with E-state index >= 15 is 0 Å². The smallest absolute Gasteiger partial charge is 0.164 e. The molecule has 0 aromatic carbocycles. The monoisotopic (exact) mass is 409 g/mol. The molecule has 5 rings (SSSR count). The highest BCUT2D eigenvalue weighted by Gasteiger charge is 2.23. The molecule has 1 saturated heterocycles. The lowest BCUT2D eigenvalue weighted by atomic mass is 9.96. The zero-order chi connectivity index (χ0) is 19.6. The summed E-state index contributed by atoms with van der Waals surface area (Å²) in [6.07, 6.45) is 11.4. The maximum atomic E-state index is 6.56. The van der Waals surface area contributed by atoms with Crippen molar-refractivity contribution in [1.29, 1.82) is 0 Å². The Morgan fingerprint density at radius 1 is 1.31 bits per heavy atom. The minimum Gasteiger partial charge on any atom is -0.452 e. The van der Waals surface area contributed by atoms with Crippen LogP contribution in [0.3, 0.4) is 0 Å². The summed E-state index contributed by atoms with van der Waals surface area (Å²) < 4.78 is 12.8. The fourth-order valence-corrected chi connectivity index (χ4v) is 4.45. The number of thiophene rings is 1. The van der Waals surface area contributed by atoms with Crippen LogP contribution in [0.15, 0.2) is 47.2 Å². The molecule has 0 atom stereocenters. The Hall–Kier alpha value is -2.71. The topological polar surface area (TPSA) is 98.4 Å². The Morgan fingerprint density at radius 2 is 2.17 bits per heavy atom. The first kappa shape index (κ1) is 18.3. The molecular weight excluding hydrogens is 386 g/mol. The summed E-state index contributed by atoms with van der Waals surface area (Å²) in [5.74, 6) is 1.66. The molecule has 8 heteroatoms. The van der Waals surface area contributed by atoms with E-state index in [1.165, 1.54) is 0 Å². The Kier molecular flexibility index (Phi) is 5.03. The third kappa shape index (κ3) is 4.04. The van der Waals surface area contributed by atoms with Gasteiger partial charge in [0.05, 0.1) is 34.4 Å². The largest absolute Gasteiger partial charge is 0.452 e. The number of nitrogens with one attached hydrogen (secondary N) is 1. The number of aromatic amines is 1. The summed E-state index contributed by atoms with van der Waals surface area (Å²) in [5, 5.41) is 6.90. The van der Waals surface area contributed by atoms with Gasteiger partial charge in [-0.25, -0.2) is 0 Å². The highest BCUT2D eigenvalue weighted by molar-refractivity contribution is 7.22. The van der Waals surface area contributed by atoms with Gasteiger partial charge < -0.3 is 15.2 Å². The Labute approximate surface area is 172 Å². The number of hydrogen-bond donors (Lipinski definition) is 2. The van der Waals surface area contributed by atoms with Crippen LogP contribution in [0.25, 0.3) is 20.7 Å². The molecular formula is C21H23N5O2S. The number of H-pyrrole nitrogens is 1. The van der Waals surface area contributed by atoms with Crippen LogP contribution in [0.5, 0.6) is 5.75 Å². The summed E-state index contributed by atoms with van der Waals surface area (Å²) in [7, 11) is 0. The first-order valence-corrected chi connectivity index (χ1v) is 10.8. The second-order valence-electron chi connectivity index (χ2n) is 7.44. The first-order valence-electron chi connectivity index (χ1n) is 9.94. The second kappa shape index (κ2) is 7.96. The number of pyridine rings is 1. The van der Waals surface area contributed by atoms with Crippen LogP contribution in [0.2, 0.25) is 0 Å². The van der Waals surface area contributed by atoms with E-state index in [1.54, 1.807) is 17.5 Å². The number of nitrogens with two attached hydrogens (primary N) is 1. The van der Waals surface area contributed by atoms with Gasteiger partial charge >= 0.3 is 0 Å². The Bertz CT molecular complexity index is 1050. The second-order valence-corrected chi connectivity index (χ2v) is 8.49. The van der Waals surface area contributed by atoms with Crippen molar-refractivity contribution in [3.05, 3.63) is 42.2 Å². The van der Waals surface area contributed by atoms with E-state index < -0.39 is 0 Å². The van der Waals surface area contributed by atoms with E-state index in [9.17, 15) is 0 Å². The summed E-state index contributed by atoms with van der Waals surface area (Å²) in [5.41, 5.74) is 9.24. The number of ether oxygens (including phenoxy) is 2. The van der Waals surface area contributed by atoms with E-state index in [0.717, 1.165) is 71.0 Å². The van der Waals surface area contributed by atoms with Crippen molar-refractivity contribution < 1.29 is 9.47 Å². The van der Waals surface area contributed by atoms with Crippen molar-refractivity contribution in [2.75, 3.05) is 13.2 Å². The fraction of sp³-hybridized carbons (Fsp3) is 0.381. The van der Waals surface area contributed by atoms with Gasteiger partial charge in [0.15, 0.2) is 5.76 Å². The van der Waals surface area contributed by atoms with E-state index in [0.29, 0.717) is 11.8 Å². The van der Waals surface area contributed by atoms with Gasteiger partial charge in [-0.3, -0.25) is 15.1 Å². The van der Waals surface area contributed by atoms with Gasteiger partial charge in [-0.2, -0.15) is 5.10 Å². The van der Waals surface area contributed by atoms with Crippen LogP contribution in [0.1, 0.15) is 25.7 Å². The van der Waals surface area contributed by atoms with Gasteiger partial charge in [0, 0.05) is 48.0 Å². The van der Waals surface area contributed by atoms with Crippen molar-refractivity contribution in [3.8, 4) is 16.2 Å². The fourth-order valence-electron chi connectivity index (χ4n) is 3.41. The lowest BCUT2D eigenvalue weighted by Gasteiger charge is -2.23. The number of allylic oxidation sites excluding steroid dienone is 2. The molecule has 0 amide bonds. The van der Waals surface area contributed by atoms with Crippen molar-refractivity contribution >= 4 is 27.8 Å². The van der Waals surface area contributed by atoms with Crippen LogP contribution < -0.4 is 10.5 Å². The number of nitrogens with zero attached hydrogens (tertiary/aromatic N) is 3. The molecule has 7 nitrogen and oxygen atoms in total. The Balaban J connectivity index is 1.50. The minimum atomic E-state index is 0.256. The number of hydrogen-bond acceptors (Lipinski definition) is 7. The maximum Gasteiger partial charge on any atom is 0.164 e.